The molecule has 22 heavy (non-hydrogen) atoms. The van der Waals surface area contributed by atoms with Gasteiger partial charge < -0.3 is 10.3 Å². The van der Waals surface area contributed by atoms with Crippen LogP contribution in [0.2, 0.25) is 0 Å². The molecule has 3 nitrogen and oxygen atoms in total. The Morgan fingerprint density at radius 1 is 1.27 bits per heavy atom. The molecule has 0 radical (unpaired) electrons. The summed E-state index contributed by atoms with van der Waals surface area (Å²) in [5.74, 6) is 0.490. The van der Waals surface area contributed by atoms with Crippen LogP contribution in [0.4, 0.5) is 0 Å². The number of aromatic amines is 1. The number of nitrogens with zero attached hydrogens (tertiary/aromatic N) is 1. The van der Waals surface area contributed by atoms with E-state index in [1.54, 1.807) is 0 Å². The summed E-state index contributed by atoms with van der Waals surface area (Å²) < 4.78 is 0. The maximum atomic E-state index is 4.72. The van der Waals surface area contributed by atoms with Gasteiger partial charge in [-0.15, -0.1) is 11.3 Å². The zero-order chi connectivity index (χ0) is 14.9. The minimum Gasteiger partial charge on any atom is -0.361 e. The summed E-state index contributed by atoms with van der Waals surface area (Å²) in [5, 5.41) is 6.18. The number of benzene rings is 1. The van der Waals surface area contributed by atoms with Crippen molar-refractivity contribution in [2.24, 2.45) is 0 Å². The predicted octanol–water partition coefficient (Wildman–Crippen LogP) is 4.54. The molecule has 4 heteroatoms. The first kappa shape index (κ1) is 14.0. The number of rotatable bonds is 3. The van der Waals surface area contributed by atoms with E-state index >= 15 is 0 Å². The van der Waals surface area contributed by atoms with Gasteiger partial charge in [-0.3, -0.25) is 0 Å². The van der Waals surface area contributed by atoms with Crippen LogP contribution in [0.25, 0.3) is 21.3 Å². The van der Waals surface area contributed by atoms with E-state index in [0.29, 0.717) is 12.0 Å². The van der Waals surface area contributed by atoms with E-state index in [9.17, 15) is 0 Å². The van der Waals surface area contributed by atoms with Crippen LogP contribution in [-0.4, -0.2) is 22.6 Å². The van der Waals surface area contributed by atoms with Gasteiger partial charge in [0, 0.05) is 40.8 Å². The Bertz CT molecular complexity index is 767. The van der Waals surface area contributed by atoms with Crippen molar-refractivity contribution >= 4 is 22.2 Å². The highest BCUT2D eigenvalue weighted by Crippen LogP contribution is 2.36. The highest BCUT2D eigenvalue weighted by atomic mass is 32.1. The van der Waals surface area contributed by atoms with Crippen LogP contribution in [0.3, 0.4) is 0 Å². The first-order valence-electron chi connectivity index (χ1n) is 8.08. The quantitative estimate of drug-likeness (QED) is 0.745. The SMILES string of the molecule is CC(c1ncc(-c2c[nH]c3ccccc23)s1)C1CCCCN1. The normalized spacial score (nSPS) is 20.3. The van der Waals surface area contributed by atoms with Gasteiger partial charge in [-0.1, -0.05) is 31.5 Å². The molecule has 3 aromatic rings. The van der Waals surface area contributed by atoms with Crippen LogP contribution in [0.15, 0.2) is 36.7 Å². The van der Waals surface area contributed by atoms with E-state index in [1.165, 1.54) is 45.6 Å². The molecule has 114 valence electrons. The van der Waals surface area contributed by atoms with Crippen LogP contribution in [0, 0.1) is 0 Å². The summed E-state index contributed by atoms with van der Waals surface area (Å²) >= 11 is 1.84. The Morgan fingerprint density at radius 2 is 2.18 bits per heavy atom. The Morgan fingerprint density at radius 3 is 3.05 bits per heavy atom. The van der Waals surface area contributed by atoms with Gasteiger partial charge in [0.05, 0.1) is 9.88 Å². The second kappa shape index (κ2) is 5.86. The van der Waals surface area contributed by atoms with Crippen LogP contribution in [0.1, 0.15) is 37.1 Å². The van der Waals surface area contributed by atoms with Crippen LogP contribution >= 0.6 is 11.3 Å². The summed E-state index contributed by atoms with van der Waals surface area (Å²) in [6, 6.07) is 9.03. The first-order chi connectivity index (χ1) is 10.8. The number of fused-ring (bicyclic) bond motifs is 1. The summed E-state index contributed by atoms with van der Waals surface area (Å²) in [4.78, 5) is 9.33. The fourth-order valence-corrected chi connectivity index (χ4v) is 4.44. The van der Waals surface area contributed by atoms with E-state index in [1.807, 2.05) is 17.5 Å². The van der Waals surface area contributed by atoms with Crippen molar-refractivity contribution in [2.45, 2.75) is 38.1 Å². The summed E-state index contributed by atoms with van der Waals surface area (Å²) in [6.45, 7) is 3.45. The lowest BCUT2D eigenvalue weighted by molar-refractivity contribution is 0.361. The van der Waals surface area contributed by atoms with E-state index in [-0.39, 0.29) is 0 Å². The maximum Gasteiger partial charge on any atom is 0.0974 e. The zero-order valence-corrected chi connectivity index (χ0v) is 13.6. The summed E-state index contributed by atoms with van der Waals surface area (Å²) in [6.07, 6.45) is 8.05. The standard InChI is InChI=1S/C18H21N3S/c1-12(15-7-4-5-9-19-15)18-21-11-17(22-18)14-10-20-16-8-3-2-6-13(14)16/h2-3,6,8,10-12,15,19-20H,4-5,7,9H2,1H3. The van der Waals surface area contributed by atoms with Crippen LogP contribution in [-0.2, 0) is 0 Å². The van der Waals surface area contributed by atoms with Crippen molar-refractivity contribution in [3.05, 3.63) is 41.7 Å². The molecule has 4 rings (SSSR count). The largest absolute Gasteiger partial charge is 0.361 e. The highest BCUT2D eigenvalue weighted by molar-refractivity contribution is 7.15. The van der Waals surface area contributed by atoms with E-state index in [4.69, 9.17) is 4.98 Å². The molecule has 2 N–H and O–H groups in total. The fraction of sp³-hybridized carbons (Fsp3) is 0.389. The van der Waals surface area contributed by atoms with Gasteiger partial charge in [-0.2, -0.15) is 0 Å². The minimum absolute atomic E-state index is 0.490. The van der Waals surface area contributed by atoms with Gasteiger partial charge in [0.2, 0.25) is 0 Å². The van der Waals surface area contributed by atoms with Gasteiger partial charge in [0.15, 0.2) is 0 Å². The molecule has 0 bridgehead atoms. The van der Waals surface area contributed by atoms with Gasteiger partial charge >= 0.3 is 0 Å². The number of nitrogens with one attached hydrogen (secondary N) is 2. The Kier molecular flexibility index (Phi) is 3.72. The number of para-hydroxylation sites is 1. The number of thiazole rings is 1. The average Bonchev–Trinajstić information content (AvgIpc) is 3.21. The number of aromatic nitrogens is 2. The number of piperidine rings is 1. The molecule has 1 fully saturated rings. The Hall–Kier alpha value is -1.65. The monoisotopic (exact) mass is 311 g/mol. The van der Waals surface area contributed by atoms with Crippen molar-refractivity contribution in [1.29, 1.82) is 0 Å². The van der Waals surface area contributed by atoms with E-state index in [2.05, 4.69) is 47.7 Å². The number of hydrogen-bond acceptors (Lipinski definition) is 3. The average molecular weight is 311 g/mol. The molecule has 0 spiro atoms. The molecule has 3 heterocycles. The molecule has 2 atom stereocenters. The lowest BCUT2D eigenvalue weighted by atomic mass is 9.94. The van der Waals surface area contributed by atoms with Crippen LogP contribution in [0.5, 0.6) is 0 Å². The molecule has 2 unspecified atom stereocenters. The molecule has 0 saturated carbocycles. The van der Waals surface area contributed by atoms with Crippen molar-refractivity contribution < 1.29 is 0 Å². The van der Waals surface area contributed by atoms with Crippen molar-refractivity contribution in [2.75, 3.05) is 6.54 Å². The van der Waals surface area contributed by atoms with Crippen molar-refractivity contribution in [1.82, 2.24) is 15.3 Å². The molecule has 1 aliphatic rings. The molecular formula is C18H21N3S. The molecule has 0 amide bonds. The van der Waals surface area contributed by atoms with E-state index in [0.717, 1.165) is 6.54 Å². The number of H-pyrrole nitrogens is 1. The number of hydrogen-bond donors (Lipinski definition) is 2. The minimum atomic E-state index is 0.490. The summed E-state index contributed by atoms with van der Waals surface area (Å²) in [5.41, 5.74) is 2.46. The van der Waals surface area contributed by atoms with Gasteiger partial charge in [0.25, 0.3) is 0 Å². The second-order valence-corrected chi connectivity index (χ2v) is 7.22. The second-order valence-electron chi connectivity index (χ2n) is 6.16. The first-order valence-corrected chi connectivity index (χ1v) is 8.90. The smallest absolute Gasteiger partial charge is 0.0974 e. The third kappa shape index (κ3) is 2.46. The topological polar surface area (TPSA) is 40.7 Å². The summed E-state index contributed by atoms with van der Waals surface area (Å²) in [7, 11) is 0. The molecule has 2 aromatic heterocycles. The van der Waals surface area contributed by atoms with Crippen LogP contribution < -0.4 is 5.32 Å². The van der Waals surface area contributed by atoms with E-state index < -0.39 is 0 Å². The Labute approximate surface area is 134 Å². The maximum absolute atomic E-state index is 4.72. The third-order valence-corrected chi connectivity index (χ3v) is 5.95. The molecule has 1 saturated heterocycles. The lowest BCUT2D eigenvalue weighted by Crippen LogP contribution is -2.37. The van der Waals surface area contributed by atoms with Gasteiger partial charge in [-0.05, 0) is 25.5 Å². The molecule has 1 aromatic carbocycles. The highest BCUT2D eigenvalue weighted by Gasteiger charge is 2.23. The van der Waals surface area contributed by atoms with Gasteiger partial charge in [-0.25, -0.2) is 4.98 Å². The van der Waals surface area contributed by atoms with Gasteiger partial charge in [0.1, 0.15) is 0 Å². The molecule has 0 aliphatic carbocycles. The fourth-order valence-electron chi connectivity index (χ4n) is 3.38. The van der Waals surface area contributed by atoms with Crippen molar-refractivity contribution in [3.8, 4) is 10.4 Å². The lowest BCUT2D eigenvalue weighted by Gasteiger charge is -2.27. The zero-order valence-electron chi connectivity index (χ0n) is 12.8. The molecule has 1 aliphatic heterocycles. The van der Waals surface area contributed by atoms with Crippen molar-refractivity contribution in [3.63, 3.8) is 0 Å². The predicted molar refractivity (Wildman–Crippen MR) is 93.5 cm³/mol. The Balaban J connectivity index is 1.63. The third-order valence-electron chi connectivity index (χ3n) is 4.72. The molecular weight excluding hydrogens is 290 g/mol.